The normalized spacial score (nSPS) is 28.7. The maximum Gasteiger partial charge on any atom is 0.234 e. The lowest BCUT2D eigenvalue weighted by Gasteiger charge is -2.15. The monoisotopic (exact) mass is 270 g/mol. The van der Waals surface area contributed by atoms with Gasteiger partial charge in [-0.2, -0.15) is 11.8 Å². The van der Waals surface area contributed by atoms with Crippen LogP contribution in [0.25, 0.3) is 0 Å². The zero-order valence-corrected chi connectivity index (χ0v) is 12.2. The number of amides is 1. The third kappa shape index (κ3) is 4.47. The van der Waals surface area contributed by atoms with Gasteiger partial charge in [0.15, 0.2) is 0 Å². The first-order valence-electron chi connectivity index (χ1n) is 7.42. The Bertz CT molecular complexity index is 267. The Morgan fingerprint density at radius 3 is 2.67 bits per heavy atom. The van der Waals surface area contributed by atoms with Crippen LogP contribution in [0.4, 0.5) is 0 Å². The van der Waals surface area contributed by atoms with Gasteiger partial charge in [0.2, 0.25) is 5.91 Å². The van der Waals surface area contributed by atoms with Crippen molar-refractivity contribution >= 4 is 17.7 Å². The van der Waals surface area contributed by atoms with Crippen LogP contribution in [-0.4, -0.2) is 35.5 Å². The van der Waals surface area contributed by atoms with E-state index in [-0.39, 0.29) is 5.91 Å². The summed E-state index contributed by atoms with van der Waals surface area (Å²) in [6.07, 6.45) is 8.66. The van der Waals surface area contributed by atoms with Crippen molar-refractivity contribution in [2.75, 3.05) is 12.3 Å². The van der Waals surface area contributed by atoms with Gasteiger partial charge in [-0.25, -0.2) is 0 Å². The van der Waals surface area contributed by atoms with Crippen LogP contribution in [0.15, 0.2) is 0 Å². The molecule has 0 aromatic heterocycles. The second-order valence-electron chi connectivity index (χ2n) is 5.52. The predicted octanol–water partition coefficient (Wildman–Crippen LogP) is 2.31. The minimum atomic E-state index is 0.188. The van der Waals surface area contributed by atoms with Gasteiger partial charge in [-0.15, -0.1) is 0 Å². The van der Waals surface area contributed by atoms with E-state index in [1.807, 2.05) is 0 Å². The molecular weight excluding hydrogens is 244 g/mol. The second-order valence-corrected chi connectivity index (χ2v) is 7.09. The summed E-state index contributed by atoms with van der Waals surface area (Å²) in [4.78, 5) is 11.8. The Labute approximate surface area is 115 Å². The summed E-state index contributed by atoms with van der Waals surface area (Å²) in [7, 11) is 0. The van der Waals surface area contributed by atoms with Crippen molar-refractivity contribution in [3.63, 3.8) is 0 Å². The van der Waals surface area contributed by atoms with Crippen LogP contribution in [0.5, 0.6) is 0 Å². The highest BCUT2D eigenvalue weighted by atomic mass is 32.2. The zero-order valence-electron chi connectivity index (χ0n) is 11.4. The van der Waals surface area contributed by atoms with Crippen molar-refractivity contribution in [1.82, 2.24) is 10.6 Å². The lowest BCUT2D eigenvalue weighted by Crippen LogP contribution is -2.41. The lowest BCUT2D eigenvalue weighted by atomic mass is 10.2. The van der Waals surface area contributed by atoms with Gasteiger partial charge in [0.25, 0.3) is 0 Å². The maximum absolute atomic E-state index is 11.8. The molecule has 2 aliphatic carbocycles. The third-order valence-electron chi connectivity index (χ3n) is 4.06. The van der Waals surface area contributed by atoms with Crippen LogP contribution in [-0.2, 0) is 4.79 Å². The van der Waals surface area contributed by atoms with Gasteiger partial charge in [0.1, 0.15) is 0 Å². The molecule has 1 amide bonds. The first-order valence-corrected chi connectivity index (χ1v) is 8.47. The molecule has 2 rings (SSSR count). The zero-order chi connectivity index (χ0) is 12.8. The first-order chi connectivity index (χ1) is 8.78. The Balaban J connectivity index is 1.58. The Morgan fingerprint density at radius 1 is 1.17 bits per heavy atom. The highest BCUT2D eigenvalue weighted by Crippen LogP contribution is 2.29. The Morgan fingerprint density at radius 2 is 1.94 bits per heavy atom. The minimum absolute atomic E-state index is 0.188. The molecule has 2 aliphatic rings. The molecule has 18 heavy (non-hydrogen) atoms. The van der Waals surface area contributed by atoms with Crippen LogP contribution >= 0.6 is 11.8 Å². The van der Waals surface area contributed by atoms with Crippen molar-refractivity contribution in [3.05, 3.63) is 0 Å². The smallest absolute Gasteiger partial charge is 0.234 e. The molecule has 2 unspecified atom stereocenters. The molecule has 0 aliphatic heterocycles. The molecule has 0 aromatic carbocycles. The SMILES string of the molecule is CCSC1CCC(NCC(=O)NC2CCCC2)C1. The fraction of sp³-hybridized carbons (Fsp3) is 0.929. The topological polar surface area (TPSA) is 41.1 Å². The molecule has 0 spiro atoms. The highest BCUT2D eigenvalue weighted by molar-refractivity contribution is 7.99. The van der Waals surface area contributed by atoms with Gasteiger partial charge in [0, 0.05) is 17.3 Å². The molecule has 2 atom stereocenters. The maximum atomic E-state index is 11.8. The standard InChI is InChI=1S/C14H26N2OS/c1-2-18-13-8-7-12(9-13)15-10-14(17)16-11-5-3-4-6-11/h11-13,15H,2-10H2,1H3,(H,16,17). The summed E-state index contributed by atoms with van der Waals surface area (Å²) in [5.41, 5.74) is 0. The second kappa shape index (κ2) is 7.39. The van der Waals surface area contributed by atoms with Crippen LogP contribution in [0.3, 0.4) is 0 Å². The van der Waals surface area contributed by atoms with Crippen LogP contribution in [0.1, 0.15) is 51.9 Å². The van der Waals surface area contributed by atoms with Gasteiger partial charge in [-0.05, 0) is 37.9 Å². The molecule has 104 valence electrons. The largest absolute Gasteiger partial charge is 0.352 e. The fourth-order valence-electron chi connectivity index (χ4n) is 3.10. The van der Waals surface area contributed by atoms with E-state index in [4.69, 9.17) is 0 Å². The molecule has 2 fully saturated rings. The van der Waals surface area contributed by atoms with Crippen LogP contribution in [0, 0.1) is 0 Å². The fourth-order valence-corrected chi connectivity index (χ4v) is 4.24. The van der Waals surface area contributed by atoms with E-state index in [0.717, 1.165) is 5.25 Å². The van der Waals surface area contributed by atoms with E-state index in [0.29, 0.717) is 18.6 Å². The van der Waals surface area contributed by atoms with E-state index < -0.39 is 0 Å². The van der Waals surface area contributed by atoms with Crippen molar-refractivity contribution in [1.29, 1.82) is 0 Å². The van der Waals surface area contributed by atoms with Crippen molar-refractivity contribution in [2.24, 2.45) is 0 Å². The van der Waals surface area contributed by atoms with Gasteiger partial charge in [0.05, 0.1) is 6.54 Å². The highest BCUT2D eigenvalue weighted by Gasteiger charge is 2.25. The van der Waals surface area contributed by atoms with Gasteiger partial charge in [-0.1, -0.05) is 19.8 Å². The molecule has 0 bridgehead atoms. The Kier molecular flexibility index (Phi) is 5.83. The number of hydrogen-bond acceptors (Lipinski definition) is 3. The molecular formula is C14H26N2OS. The number of carbonyl (C=O) groups is 1. The van der Waals surface area contributed by atoms with Crippen molar-refractivity contribution in [2.45, 2.75) is 69.2 Å². The molecule has 2 N–H and O–H groups in total. The number of nitrogens with one attached hydrogen (secondary N) is 2. The molecule has 4 heteroatoms. The van der Waals surface area contributed by atoms with E-state index in [1.165, 1.54) is 50.7 Å². The molecule has 0 radical (unpaired) electrons. The van der Waals surface area contributed by atoms with Crippen LogP contribution < -0.4 is 10.6 Å². The first kappa shape index (κ1) is 14.2. The predicted molar refractivity (Wildman–Crippen MR) is 78.0 cm³/mol. The van der Waals surface area contributed by atoms with Crippen molar-refractivity contribution in [3.8, 4) is 0 Å². The summed E-state index contributed by atoms with van der Waals surface area (Å²) in [6, 6.07) is 1.01. The average molecular weight is 270 g/mol. The lowest BCUT2D eigenvalue weighted by molar-refractivity contribution is -0.121. The number of carbonyl (C=O) groups excluding carboxylic acids is 1. The molecule has 3 nitrogen and oxygen atoms in total. The average Bonchev–Trinajstić information content (AvgIpc) is 2.99. The summed E-state index contributed by atoms with van der Waals surface area (Å²) in [5.74, 6) is 1.40. The Hall–Kier alpha value is -0.220. The minimum Gasteiger partial charge on any atom is -0.352 e. The summed E-state index contributed by atoms with van der Waals surface area (Å²) in [5, 5.41) is 7.36. The third-order valence-corrected chi connectivity index (χ3v) is 5.29. The summed E-state index contributed by atoms with van der Waals surface area (Å²) < 4.78 is 0. The molecule has 0 heterocycles. The van der Waals surface area contributed by atoms with E-state index in [1.54, 1.807) is 0 Å². The molecule has 2 saturated carbocycles. The van der Waals surface area contributed by atoms with E-state index in [2.05, 4.69) is 29.3 Å². The van der Waals surface area contributed by atoms with E-state index >= 15 is 0 Å². The summed E-state index contributed by atoms with van der Waals surface area (Å²) in [6.45, 7) is 2.73. The van der Waals surface area contributed by atoms with Gasteiger partial charge >= 0.3 is 0 Å². The van der Waals surface area contributed by atoms with Crippen molar-refractivity contribution < 1.29 is 4.79 Å². The number of hydrogen-bond donors (Lipinski definition) is 2. The number of thioether (sulfide) groups is 1. The summed E-state index contributed by atoms with van der Waals surface area (Å²) >= 11 is 2.06. The molecule has 0 aromatic rings. The van der Waals surface area contributed by atoms with Gasteiger partial charge < -0.3 is 10.6 Å². The number of rotatable bonds is 6. The van der Waals surface area contributed by atoms with E-state index in [9.17, 15) is 4.79 Å². The van der Waals surface area contributed by atoms with Gasteiger partial charge in [-0.3, -0.25) is 4.79 Å². The quantitative estimate of drug-likeness (QED) is 0.778. The van der Waals surface area contributed by atoms with Crippen LogP contribution in [0.2, 0.25) is 0 Å². The molecule has 0 saturated heterocycles.